The monoisotopic (exact) mass is 445 g/mol. The molecule has 126 valence electrons. The smallest absolute Gasteiger partial charge is 0.191 e. The number of nitrogens with zero attached hydrogens (tertiary/aromatic N) is 1. The molecule has 2 rings (SSSR count). The van der Waals surface area contributed by atoms with Crippen LogP contribution in [0.1, 0.15) is 22.9 Å². The molecule has 23 heavy (non-hydrogen) atoms. The van der Waals surface area contributed by atoms with Crippen molar-refractivity contribution < 1.29 is 4.74 Å². The first kappa shape index (κ1) is 19.8. The zero-order chi connectivity index (χ0) is 15.8. The van der Waals surface area contributed by atoms with Gasteiger partial charge in [-0.25, -0.2) is 4.99 Å². The Morgan fingerprint density at radius 3 is 2.48 bits per heavy atom. The van der Waals surface area contributed by atoms with E-state index in [1.165, 1.54) is 10.4 Å². The van der Waals surface area contributed by atoms with Crippen molar-refractivity contribution in [3.8, 4) is 5.75 Å². The van der Waals surface area contributed by atoms with E-state index in [9.17, 15) is 0 Å². The Morgan fingerprint density at radius 2 is 1.91 bits per heavy atom. The Kier molecular flexibility index (Phi) is 9.01. The molecule has 4 nitrogen and oxygen atoms in total. The van der Waals surface area contributed by atoms with Crippen LogP contribution < -0.4 is 15.4 Å². The second-order valence-electron chi connectivity index (χ2n) is 4.92. The van der Waals surface area contributed by atoms with Gasteiger partial charge in [-0.1, -0.05) is 12.1 Å². The van der Waals surface area contributed by atoms with Gasteiger partial charge in [0.1, 0.15) is 5.75 Å². The lowest BCUT2D eigenvalue weighted by atomic mass is 10.2. The Morgan fingerprint density at radius 1 is 1.17 bits per heavy atom. The number of aliphatic imine (C=N–C) groups is 1. The highest BCUT2D eigenvalue weighted by molar-refractivity contribution is 14.0. The molecule has 1 heterocycles. The molecular formula is C17H24IN3OS. The number of thiophene rings is 1. The molecule has 0 saturated heterocycles. The first-order chi connectivity index (χ1) is 10.7. The van der Waals surface area contributed by atoms with Gasteiger partial charge in [-0.05, 0) is 48.6 Å². The van der Waals surface area contributed by atoms with E-state index in [0.717, 1.165) is 30.4 Å². The first-order valence-electron chi connectivity index (χ1n) is 7.41. The van der Waals surface area contributed by atoms with Gasteiger partial charge in [-0.2, -0.15) is 0 Å². The van der Waals surface area contributed by atoms with Crippen LogP contribution in [0.4, 0.5) is 0 Å². The van der Waals surface area contributed by atoms with Crippen molar-refractivity contribution in [2.24, 2.45) is 4.99 Å². The Bertz CT molecular complexity index is 611. The van der Waals surface area contributed by atoms with Crippen LogP contribution >= 0.6 is 35.3 Å². The molecule has 0 fully saturated rings. The van der Waals surface area contributed by atoms with Crippen LogP contribution in [0.15, 0.2) is 40.7 Å². The average Bonchev–Trinajstić information content (AvgIpc) is 2.96. The minimum absolute atomic E-state index is 0. The van der Waals surface area contributed by atoms with Gasteiger partial charge < -0.3 is 15.4 Å². The molecule has 0 spiro atoms. The number of nitrogens with one attached hydrogen (secondary N) is 2. The third kappa shape index (κ3) is 6.39. The van der Waals surface area contributed by atoms with E-state index in [4.69, 9.17) is 4.74 Å². The minimum atomic E-state index is 0. The third-order valence-corrected chi connectivity index (χ3v) is 4.33. The predicted octanol–water partition coefficient (Wildman–Crippen LogP) is 3.94. The molecule has 1 aromatic carbocycles. The number of rotatable bonds is 6. The summed E-state index contributed by atoms with van der Waals surface area (Å²) in [7, 11) is 1.67. The summed E-state index contributed by atoms with van der Waals surface area (Å²) in [6.07, 6.45) is 0. The molecule has 2 N–H and O–H groups in total. The van der Waals surface area contributed by atoms with E-state index >= 15 is 0 Å². The molecule has 1 aromatic heterocycles. The second-order valence-corrected chi connectivity index (χ2v) is 5.92. The second kappa shape index (κ2) is 10.5. The fourth-order valence-corrected chi connectivity index (χ4v) is 2.84. The van der Waals surface area contributed by atoms with Gasteiger partial charge in [-0.15, -0.1) is 35.3 Å². The van der Waals surface area contributed by atoms with Crippen LogP contribution in [0.25, 0.3) is 0 Å². The molecule has 0 amide bonds. The predicted molar refractivity (Wildman–Crippen MR) is 109 cm³/mol. The summed E-state index contributed by atoms with van der Waals surface area (Å²) >= 11 is 1.77. The topological polar surface area (TPSA) is 45.7 Å². The third-order valence-electron chi connectivity index (χ3n) is 3.31. The quantitative estimate of drug-likeness (QED) is 0.402. The van der Waals surface area contributed by atoms with Gasteiger partial charge >= 0.3 is 0 Å². The van der Waals surface area contributed by atoms with Crippen molar-refractivity contribution >= 4 is 41.3 Å². The van der Waals surface area contributed by atoms with Gasteiger partial charge in [0.05, 0.1) is 20.2 Å². The van der Waals surface area contributed by atoms with E-state index < -0.39 is 0 Å². The molecule has 0 aliphatic carbocycles. The summed E-state index contributed by atoms with van der Waals surface area (Å²) in [6.45, 7) is 6.49. The first-order valence-corrected chi connectivity index (χ1v) is 8.29. The Labute approximate surface area is 159 Å². The number of halogens is 1. The number of ether oxygens (including phenoxy) is 1. The molecular weight excluding hydrogens is 421 g/mol. The molecule has 0 bridgehead atoms. The lowest BCUT2D eigenvalue weighted by molar-refractivity contribution is 0.414. The van der Waals surface area contributed by atoms with Crippen LogP contribution in [0.3, 0.4) is 0 Å². The number of hydrogen-bond donors (Lipinski definition) is 2. The molecule has 0 aliphatic rings. The summed E-state index contributed by atoms with van der Waals surface area (Å²) in [4.78, 5) is 5.97. The van der Waals surface area contributed by atoms with Gasteiger partial charge in [0, 0.05) is 11.4 Å². The lowest BCUT2D eigenvalue weighted by Gasteiger charge is -2.11. The van der Waals surface area contributed by atoms with Crippen molar-refractivity contribution in [3.63, 3.8) is 0 Å². The molecule has 2 aromatic rings. The summed E-state index contributed by atoms with van der Waals surface area (Å²) in [5.74, 6) is 1.71. The lowest BCUT2D eigenvalue weighted by Crippen LogP contribution is -2.36. The highest BCUT2D eigenvalue weighted by atomic mass is 127. The van der Waals surface area contributed by atoms with Crippen LogP contribution in [-0.4, -0.2) is 19.6 Å². The highest BCUT2D eigenvalue weighted by Gasteiger charge is 2.02. The molecule has 0 saturated carbocycles. The number of hydrogen-bond acceptors (Lipinski definition) is 3. The van der Waals surface area contributed by atoms with Crippen molar-refractivity contribution in [2.75, 3.05) is 13.7 Å². The number of guanidine groups is 1. The SMILES string of the molecule is CCNC(=NCc1ccc(OC)cc1)NCc1sccc1C.I. The standard InChI is InChI=1S/C17H23N3OS.HI/c1-4-18-17(20-12-16-13(2)9-10-22-16)19-11-14-5-7-15(21-3)8-6-14;/h5-10H,4,11-12H2,1-3H3,(H2,18,19,20);1H. The zero-order valence-electron chi connectivity index (χ0n) is 13.8. The van der Waals surface area contributed by atoms with Crippen LogP contribution in [0, 0.1) is 6.92 Å². The number of benzene rings is 1. The van der Waals surface area contributed by atoms with E-state index in [1.807, 2.05) is 24.3 Å². The van der Waals surface area contributed by atoms with Crippen molar-refractivity contribution in [1.82, 2.24) is 10.6 Å². The van der Waals surface area contributed by atoms with Gasteiger partial charge in [0.15, 0.2) is 5.96 Å². The van der Waals surface area contributed by atoms with Crippen LogP contribution in [0.2, 0.25) is 0 Å². The summed E-state index contributed by atoms with van der Waals surface area (Å²) in [5, 5.41) is 8.78. The highest BCUT2D eigenvalue weighted by Crippen LogP contribution is 2.15. The molecule has 0 atom stereocenters. The van der Waals surface area contributed by atoms with Crippen molar-refractivity contribution in [1.29, 1.82) is 0 Å². The van der Waals surface area contributed by atoms with Gasteiger partial charge in [0.25, 0.3) is 0 Å². The van der Waals surface area contributed by atoms with E-state index in [2.05, 4.69) is 40.9 Å². The number of methoxy groups -OCH3 is 1. The maximum absolute atomic E-state index is 5.17. The number of aryl methyl sites for hydroxylation is 1. The summed E-state index contributed by atoms with van der Waals surface area (Å²) < 4.78 is 5.17. The maximum Gasteiger partial charge on any atom is 0.191 e. The van der Waals surface area contributed by atoms with Crippen molar-refractivity contribution in [3.05, 3.63) is 51.7 Å². The van der Waals surface area contributed by atoms with Crippen LogP contribution in [0.5, 0.6) is 5.75 Å². The Balaban J connectivity index is 0.00000264. The minimum Gasteiger partial charge on any atom is -0.497 e. The van der Waals surface area contributed by atoms with Crippen molar-refractivity contribution in [2.45, 2.75) is 26.9 Å². The van der Waals surface area contributed by atoms with E-state index in [0.29, 0.717) is 6.54 Å². The van der Waals surface area contributed by atoms with Crippen LogP contribution in [-0.2, 0) is 13.1 Å². The Hall–Kier alpha value is -1.28. The average molecular weight is 445 g/mol. The molecule has 0 aliphatic heterocycles. The van der Waals surface area contributed by atoms with E-state index in [-0.39, 0.29) is 24.0 Å². The largest absolute Gasteiger partial charge is 0.497 e. The molecule has 0 radical (unpaired) electrons. The molecule has 6 heteroatoms. The molecule has 0 unspecified atom stereocenters. The zero-order valence-corrected chi connectivity index (χ0v) is 16.9. The normalized spacial score (nSPS) is 10.8. The fraction of sp³-hybridized carbons (Fsp3) is 0.353. The van der Waals surface area contributed by atoms with Gasteiger partial charge in [0.2, 0.25) is 0 Å². The maximum atomic E-state index is 5.17. The fourth-order valence-electron chi connectivity index (χ4n) is 1.99. The van der Waals surface area contributed by atoms with E-state index in [1.54, 1.807) is 18.4 Å². The summed E-state index contributed by atoms with van der Waals surface area (Å²) in [6, 6.07) is 10.1. The van der Waals surface area contributed by atoms with Gasteiger partial charge in [-0.3, -0.25) is 0 Å². The summed E-state index contributed by atoms with van der Waals surface area (Å²) in [5.41, 5.74) is 2.48.